The molecular formula is C13H19NO. The van der Waals surface area contributed by atoms with Crippen molar-refractivity contribution in [2.45, 2.75) is 39.4 Å². The van der Waals surface area contributed by atoms with Crippen molar-refractivity contribution in [1.82, 2.24) is 0 Å². The first-order chi connectivity index (χ1) is 6.93. The van der Waals surface area contributed by atoms with E-state index in [1.807, 2.05) is 12.1 Å². The first-order valence-corrected chi connectivity index (χ1v) is 5.50. The Morgan fingerprint density at radius 1 is 1.33 bits per heavy atom. The van der Waals surface area contributed by atoms with E-state index in [1.54, 1.807) is 0 Å². The molecule has 2 N–H and O–H groups in total. The van der Waals surface area contributed by atoms with Crippen LogP contribution in [0.2, 0.25) is 0 Å². The fourth-order valence-corrected chi connectivity index (χ4v) is 2.33. The lowest BCUT2D eigenvalue weighted by atomic mass is 9.91. The number of ether oxygens (including phenoxy) is 1. The molecule has 1 aliphatic rings. The van der Waals surface area contributed by atoms with Crippen LogP contribution in [0, 0.1) is 5.92 Å². The highest BCUT2D eigenvalue weighted by atomic mass is 16.5. The van der Waals surface area contributed by atoms with Crippen LogP contribution < -0.4 is 5.73 Å². The van der Waals surface area contributed by atoms with Gasteiger partial charge in [-0.25, -0.2) is 0 Å². The number of hydrogen-bond donors (Lipinski definition) is 1. The molecule has 0 unspecified atom stereocenters. The number of hydrogen-bond acceptors (Lipinski definition) is 2. The molecule has 15 heavy (non-hydrogen) atoms. The molecule has 2 heteroatoms. The molecule has 1 aromatic rings. The van der Waals surface area contributed by atoms with Crippen molar-refractivity contribution in [2.75, 3.05) is 5.73 Å². The van der Waals surface area contributed by atoms with Crippen LogP contribution in [0.1, 0.15) is 44.9 Å². The van der Waals surface area contributed by atoms with Crippen LogP contribution in [0.5, 0.6) is 0 Å². The maximum atomic E-state index is 6.08. The molecule has 0 spiro atoms. The standard InChI is InChI=1S/C13H19NO/c1-8(2)12-11-9(13(3,4)15-12)6-5-7-10(11)14/h5-8,12H,14H2,1-4H3/t12-/m0/s1. The normalized spacial score (nSPS) is 23.1. The Morgan fingerprint density at radius 3 is 2.60 bits per heavy atom. The molecule has 0 aliphatic carbocycles. The Morgan fingerprint density at radius 2 is 2.00 bits per heavy atom. The van der Waals surface area contributed by atoms with Gasteiger partial charge < -0.3 is 10.5 Å². The quantitative estimate of drug-likeness (QED) is 0.714. The second-order valence-electron chi connectivity index (χ2n) is 5.10. The van der Waals surface area contributed by atoms with Crippen LogP contribution in [0.15, 0.2) is 18.2 Å². The molecule has 0 radical (unpaired) electrons. The average Bonchev–Trinajstić information content (AvgIpc) is 2.40. The average molecular weight is 205 g/mol. The Kier molecular flexibility index (Phi) is 2.27. The highest BCUT2D eigenvalue weighted by molar-refractivity contribution is 5.55. The molecule has 0 saturated carbocycles. The topological polar surface area (TPSA) is 35.2 Å². The van der Waals surface area contributed by atoms with Gasteiger partial charge in [-0.05, 0) is 31.4 Å². The predicted octanol–water partition coefficient (Wildman–Crippen LogP) is 3.23. The number of benzene rings is 1. The molecule has 0 amide bonds. The van der Waals surface area contributed by atoms with E-state index < -0.39 is 0 Å². The fourth-order valence-electron chi connectivity index (χ4n) is 2.33. The minimum absolute atomic E-state index is 0.135. The van der Waals surface area contributed by atoms with Gasteiger partial charge in [0.2, 0.25) is 0 Å². The zero-order valence-electron chi connectivity index (χ0n) is 9.87. The van der Waals surface area contributed by atoms with Crippen molar-refractivity contribution in [3.8, 4) is 0 Å². The summed E-state index contributed by atoms with van der Waals surface area (Å²) in [6.07, 6.45) is 0.135. The van der Waals surface area contributed by atoms with Crippen molar-refractivity contribution in [2.24, 2.45) is 5.92 Å². The molecule has 1 atom stereocenters. The van der Waals surface area contributed by atoms with Gasteiger partial charge in [-0.2, -0.15) is 0 Å². The van der Waals surface area contributed by atoms with Crippen LogP contribution in [-0.2, 0) is 10.3 Å². The fraction of sp³-hybridized carbons (Fsp3) is 0.538. The van der Waals surface area contributed by atoms with E-state index in [9.17, 15) is 0 Å². The summed E-state index contributed by atoms with van der Waals surface area (Å²) in [4.78, 5) is 0. The molecule has 0 bridgehead atoms. The van der Waals surface area contributed by atoms with Crippen molar-refractivity contribution in [3.63, 3.8) is 0 Å². The van der Waals surface area contributed by atoms with Crippen LogP contribution in [0.4, 0.5) is 5.69 Å². The lowest BCUT2D eigenvalue weighted by molar-refractivity contribution is -0.0709. The highest BCUT2D eigenvalue weighted by Crippen LogP contribution is 2.48. The highest BCUT2D eigenvalue weighted by Gasteiger charge is 2.40. The van der Waals surface area contributed by atoms with Crippen molar-refractivity contribution < 1.29 is 4.74 Å². The summed E-state index contributed by atoms with van der Waals surface area (Å²) in [7, 11) is 0. The Labute approximate surface area is 91.4 Å². The largest absolute Gasteiger partial charge is 0.398 e. The molecule has 82 valence electrons. The van der Waals surface area contributed by atoms with E-state index in [-0.39, 0.29) is 11.7 Å². The van der Waals surface area contributed by atoms with E-state index in [0.29, 0.717) is 5.92 Å². The minimum Gasteiger partial charge on any atom is -0.398 e. The van der Waals surface area contributed by atoms with Crippen LogP contribution >= 0.6 is 0 Å². The zero-order valence-corrected chi connectivity index (χ0v) is 9.87. The van der Waals surface area contributed by atoms with Gasteiger partial charge >= 0.3 is 0 Å². The summed E-state index contributed by atoms with van der Waals surface area (Å²) >= 11 is 0. The third-order valence-corrected chi connectivity index (χ3v) is 3.10. The van der Waals surface area contributed by atoms with Crippen LogP contribution in [0.25, 0.3) is 0 Å². The maximum absolute atomic E-state index is 6.08. The lowest BCUT2D eigenvalue weighted by Crippen LogP contribution is -2.17. The predicted molar refractivity (Wildman–Crippen MR) is 62.5 cm³/mol. The zero-order chi connectivity index (χ0) is 11.2. The molecule has 2 nitrogen and oxygen atoms in total. The number of fused-ring (bicyclic) bond motifs is 1. The van der Waals surface area contributed by atoms with E-state index >= 15 is 0 Å². The molecule has 1 heterocycles. The third kappa shape index (κ3) is 1.53. The SMILES string of the molecule is CC(C)[C@@H]1OC(C)(C)c2cccc(N)c21. The summed E-state index contributed by atoms with van der Waals surface area (Å²) in [6.45, 7) is 8.55. The van der Waals surface area contributed by atoms with Gasteiger partial charge in [-0.15, -0.1) is 0 Å². The molecule has 1 aliphatic heterocycles. The Hall–Kier alpha value is -1.02. The summed E-state index contributed by atoms with van der Waals surface area (Å²) in [5.41, 5.74) is 9.12. The molecule has 0 aromatic heterocycles. The monoisotopic (exact) mass is 205 g/mol. The van der Waals surface area contributed by atoms with Gasteiger partial charge in [-0.3, -0.25) is 0 Å². The minimum atomic E-state index is -0.209. The first-order valence-electron chi connectivity index (χ1n) is 5.50. The lowest BCUT2D eigenvalue weighted by Gasteiger charge is -2.22. The number of rotatable bonds is 1. The number of anilines is 1. The van der Waals surface area contributed by atoms with Gasteiger partial charge in [0.25, 0.3) is 0 Å². The smallest absolute Gasteiger partial charge is 0.0888 e. The molecule has 1 aromatic carbocycles. The van der Waals surface area contributed by atoms with E-state index in [1.165, 1.54) is 11.1 Å². The molecular weight excluding hydrogens is 186 g/mol. The Balaban J connectivity index is 2.58. The van der Waals surface area contributed by atoms with Gasteiger partial charge in [0.15, 0.2) is 0 Å². The van der Waals surface area contributed by atoms with Gasteiger partial charge in [0.05, 0.1) is 11.7 Å². The summed E-state index contributed by atoms with van der Waals surface area (Å²) in [6, 6.07) is 6.08. The second-order valence-corrected chi connectivity index (χ2v) is 5.10. The van der Waals surface area contributed by atoms with Crippen LogP contribution in [0.3, 0.4) is 0 Å². The van der Waals surface area contributed by atoms with E-state index in [0.717, 1.165) is 5.69 Å². The molecule has 0 fully saturated rings. The van der Waals surface area contributed by atoms with Crippen molar-refractivity contribution in [3.05, 3.63) is 29.3 Å². The summed E-state index contributed by atoms with van der Waals surface area (Å²) < 4.78 is 6.08. The maximum Gasteiger partial charge on any atom is 0.0888 e. The van der Waals surface area contributed by atoms with E-state index in [4.69, 9.17) is 10.5 Å². The number of nitrogens with two attached hydrogens (primary N) is 1. The Bertz CT molecular complexity index is 382. The van der Waals surface area contributed by atoms with Gasteiger partial charge in [0.1, 0.15) is 0 Å². The third-order valence-electron chi connectivity index (χ3n) is 3.10. The second kappa shape index (κ2) is 3.24. The van der Waals surface area contributed by atoms with E-state index in [2.05, 4.69) is 33.8 Å². The van der Waals surface area contributed by atoms with Gasteiger partial charge in [0, 0.05) is 11.3 Å². The summed E-state index contributed by atoms with van der Waals surface area (Å²) in [5.74, 6) is 0.454. The number of nitrogen functional groups attached to an aromatic ring is 1. The molecule has 0 saturated heterocycles. The first kappa shape index (κ1) is 10.5. The van der Waals surface area contributed by atoms with Gasteiger partial charge in [-0.1, -0.05) is 26.0 Å². The van der Waals surface area contributed by atoms with Crippen LogP contribution in [-0.4, -0.2) is 0 Å². The van der Waals surface area contributed by atoms with Crippen molar-refractivity contribution >= 4 is 5.69 Å². The molecule has 2 rings (SSSR count). The van der Waals surface area contributed by atoms with Crippen molar-refractivity contribution in [1.29, 1.82) is 0 Å². The summed E-state index contributed by atoms with van der Waals surface area (Å²) in [5, 5.41) is 0.